The Morgan fingerprint density at radius 3 is 2.56 bits per heavy atom. The highest BCUT2D eigenvalue weighted by Gasteiger charge is 2.28. The maximum absolute atomic E-state index is 12.0. The lowest BCUT2D eigenvalue weighted by Gasteiger charge is -2.23. The summed E-state index contributed by atoms with van der Waals surface area (Å²) < 4.78 is 26.4. The molecule has 0 aliphatic heterocycles. The van der Waals surface area contributed by atoms with E-state index in [9.17, 15) is 13.2 Å². The van der Waals surface area contributed by atoms with Gasteiger partial charge in [0.1, 0.15) is 0 Å². The zero-order valence-corrected chi connectivity index (χ0v) is 11.5. The molecule has 0 radical (unpaired) electrons. The Bertz CT molecular complexity index is 554. The van der Waals surface area contributed by atoms with E-state index in [1.165, 1.54) is 32.0 Å². The number of halogens is 1. The van der Waals surface area contributed by atoms with Crippen LogP contribution in [0.25, 0.3) is 0 Å². The maximum Gasteiger partial charge on any atom is 0.305 e. The Labute approximate surface area is 111 Å². The first kappa shape index (κ1) is 14.9. The molecule has 2 N–H and O–H groups in total. The number of rotatable bonds is 5. The lowest BCUT2D eigenvalue weighted by atomic mass is 10.0. The minimum atomic E-state index is -3.78. The van der Waals surface area contributed by atoms with Crippen molar-refractivity contribution in [2.24, 2.45) is 0 Å². The Morgan fingerprint density at radius 2 is 2.06 bits per heavy atom. The van der Waals surface area contributed by atoms with Crippen molar-refractivity contribution < 1.29 is 18.3 Å². The molecular weight excluding hydrogens is 278 g/mol. The predicted molar refractivity (Wildman–Crippen MR) is 68.1 cm³/mol. The van der Waals surface area contributed by atoms with Crippen molar-refractivity contribution in [3.05, 3.63) is 29.3 Å². The van der Waals surface area contributed by atoms with Crippen LogP contribution in [0.1, 0.15) is 20.3 Å². The van der Waals surface area contributed by atoms with Crippen LogP contribution in [0.4, 0.5) is 0 Å². The van der Waals surface area contributed by atoms with E-state index in [1.807, 2.05) is 0 Å². The number of hydrogen-bond acceptors (Lipinski definition) is 3. The molecule has 0 amide bonds. The first-order chi connectivity index (χ1) is 8.12. The molecular formula is C11H14ClNO4S. The molecule has 0 saturated heterocycles. The van der Waals surface area contributed by atoms with Gasteiger partial charge in [0.2, 0.25) is 10.0 Å². The topological polar surface area (TPSA) is 83.5 Å². The van der Waals surface area contributed by atoms with Crippen LogP contribution in [0, 0.1) is 0 Å². The molecule has 0 fully saturated rings. The van der Waals surface area contributed by atoms with Crippen molar-refractivity contribution in [1.29, 1.82) is 0 Å². The third-order valence-electron chi connectivity index (χ3n) is 2.11. The molecule has 100 valence electrons. The summed E-state index contributed by atoms with van der Waals surface area (Å²) in [5.41, 5.74) is -1.08. The summed E-state index contributed by atoms with van der Waals surface area (Å²) >= 11 is 5.72. The molecule has 0 spiro atoms. The smallest absolute Gasteiger partial charge is 0.305 e. The second-order valence-corrected chi connectivity index (χ2v) is 6.64. The monoisotopic (exact) mass is 291 g/mol. The molecule has 0 aliphatic rings. The number of aliphatic carboxylic acids is 1. The number of benzene rings is 1. The SMILES string of the molecule is CC(C)(CC(=O)O)NS(=O)(=O)c1cccc(Cl)c1. The molecule has 18 heavy (non-hydrogen) atoms. The number of carboxylic acids is 1. The van der Waals surface area contributed by atoms with Gasteiger partial charge in [-0.25, -0.2) is 13.1 Å². The molecule has 0 unspecified atom stereocenters. The predicted octanol–water partition coefficient (Wildman–Crippen LogP) is 1.87. The highest BCUT2D eigenvalue weighted by molar-refractivity contribution is 7.89. The van der Waals surface area contributed by atoms with E-state index in [0.717, 1.165) is 0 Å². The van der Waals surface area contributed by atoms with Crippen molar-refractivity contribution in [1.82, 2.24) is 4.72 Å². The lowest BCUT2D eigenvalue weighted by Crippen LogP contribution is -2.44. The molecule has 7 heteroatoms. The van der Waals surface area contributed by atoms with Crippen LogP contribution in [0.2, 0.25) is 5.02 Å². The highest BCUT2D eigenvalue weighted by atomic mass is 35.5. The van der Waals surface area contributed by atoms with Crippen molar-refractivity contribution >= 4 is 27.6 Å². The molecule has 0 aliphatic carbocycles. The van der Waals surface area contributed by atoms with Gasteiger partial charge in [0.05, 0.1) is 11.3 Å². The quantitative estimate of drug-likeness (QED) is 0.867. The zero-order valence-electron chi connectivity index (χ0n) is 9.97. The third kappa shape index (κ3) is 4.29. The van der Waals surface area contributed by atoms with Gasteiger partial charge in [-0.1, -0.05) is 17.7 Å². The second-order valence-electron chi connectivity index (χ2n) is 4.52. The normalized spacial score (nSPS) is 12.4. The molecule has 0 saturated carbocycles. The summed E-state index contributed by atoms with van der Waals surface area (Å²) in [5.74, 6) is -1.08. The van der Waals surface area contributed by atoms with Crippen LogP contribution >= 0.6 is 11.6 Å². The fraction of sp³-hybridized carbons (Fsp3) is 0.364. The van der Waals surface area contributed by atoms with Crippen molar-refractivity contribution in [3.8, 4) is 0 Å². The summed E-state index contributed by atoms with van der Waals surface area (Å²) in [6.45, 7) is 3.01. The summed E-state index contributed by atoms with van der Waals surface area (Å²) in [4.78, 5) is 10.6. The van der Waals surface area contributed by atoms with Crippen LogP contribution in [-0.2, 0) is 14.8 Å². The van der Waals surface area contributed by atoms with Gasteiger partial charge in [-0.2, -0.15) is 0 Å². The largest absolute Gasteiger partial charge is 0.481 e. The molecule has 0 heterocycles. The fourth-order valence-corrected chi connectivity index (χ4v) is 3.18. The number of carbonyl (C=O) groups is 1. The van der Waals surface area contributed by atoms with E-state index in [-0.39, 0.29) is 11.3 Å². The Hall–Kier alpha value is -1.11. The van der Waals surface area contributed by atoms with Crippen molar-refractivity contribution in [2.45, 2.75) is 30.7 Å². The van der Waals surface area contributed by atoms with E-state index in [1.54, 1.807) is 6.07 Å². The first-order valence-electron chi connectivity index (χ1n) is 5.14. The Balaban J connectivity index is 2.99. The van der Waals surface area contributed by atoms with Gasteiger partial charge in [-0.15, -0.1) is 0 Å². The van der Waals surface area contributed by atoms with Gasteiger partial charge >= 0.3 is 5.97 Å². The number of sulfonamides is 1. The third-order valence-corrected chi connectivity index (χ3v) is 4.04. The van der Waals surface area contributed by atoms with Crippen LogP contribution in [0.15, 0.2) is 29.2 Å². The van der Waals surface area contributed by atoms with Crippen molar-refractivity contribution in [3.63, 3.8) is 0 Å². The number of carboxylic acid groups (broad SMARTS) is 1. The first-order valence-corrected chi connectivity index (χ1v) is 7.00. The molecule has 0 bridgehead atoms. The summed E-state index contributed by atoms with van der Waals surface area (Å²) in [7, 11) is -3.78. The second kappa shape index (κ2) is 5.26. The van der Waals surface area contributed by atoms with E-state index < -0.39 is 21.5 Å². The van der Waals surface area contributed by atoms with Gasteiger partial charge in [-0.3, -0.25) is 4.79 Å². The molecule has 5 nitrogen and oxygen atoms in total. The van der Waals surface area contributed by atoms with Gasteiger partial charge in [0.25, 0.3) is 0 Å². The number of nitrogens with one attached hydrogen (secondary N) is 1. The molecule has 0 aromatic heterocycles. The fourth-order valence-electron chi connectivity index (χ4n) is 1.47. The van der Waals surface area contributed by atoms with Crippen LogP contribution in [0.5, 0.6) is 0 Å². The van der Waals surface area contributed by atoms with E-state index in [2.05, 4.69) is 4.72 Å². The van der Waals surface area contributed by atoms with Crippen LogP contribution in [-0.4, -0.2) is 25.0 Å². The van der Waals surface area contributed by atoms with Gasteiger partial charge in [-0.05, 0) is 32.0 Å². The Morgan fingerprint density at radius 1 is 1.44 bits per heavy atom. The van der Waals surface area contributed by atoms with E-state index in [4.69, 9.17) is 16.7 Å². The molecule has 1 aromatic rings. The average molecular weight is 292 g/mol. The van der Waals surface area contributed by atoms with E-state index in [0.29, 0.717) is 5.02 Å². The molecule has 0 atom stereocenters. The van der Waals surface area contributed by atoms with Crippen molar-refractivity contribution in [2.75, 3.05) is 0 Å². The number of hydrogen-bond donors (Lipinski definition) is 2. The maximum atomic E-state index is 12.0. The Kier molecular flexibility index (Phi) is 4.37. The summed E-state index contributed by atoms with van der Waals surface area (Å²) in [6.07, 6.45) is -0.313. The minimum Gasteiger partial charge on any atom is -0.481 e. The van der Waals surface area contributed by atoms with Gasteiger partial charge in [0.15, 0.2) is 0 Å². The standard InChI is InChI=1S/C11H14ClNO4S/c1-11(2,7-10(14)15)13-18(16,17)9-5-3-4-8(12)6-9/h3-6,13H,7H2,1-2H3,(H,14,15). The highest BCUT2D eigenvalue weighted by Crippen LogP contribution is 2.18. The van der Waals surface area contributed by atoms with Crippen LogP contribution in [0.3, 0.4) is 0 Å². The average Bonchev–Trinajstić information content (AvgIpc) is 2.13. The van der Waals surface area contributed by atoms with Gasteiger partial charge < -0.3 is 5.11 Å². The summed E-state index contributed by atoms with van der Waals surface area (Å²) in [6, 6.07) is 5.77. The lowest BCUT2D eigenvalue weighted by molar-refractivity contribution is -0.138. The van der Waals surface area contributed by atoms with E-state index >= 15 is 0 Å². The summed E-state index contributed by atoms with van der Waals surface area (Å²) in [5, 5.41) is 9.00. The zero-order chi connectivity index (χ0) is 14.0. The minimum absolute atomic E-state index is 0.00784. The van der Waals surface area contributed by atoms with Gasteiger partial charge in [0, 0.05) is 10.6 Å². The molecule has 1 aromatic carbocycles. The van der Waals surface area contributed by atoms with Crippen LogP contribution < -0.4 is 4.72 Å². The molecule has 1 rings (SSSR count).